The van der Waals surface area contributed by atoms with E-state index in [1.54, 1.807) is 17.6 Å². The second kappa shape index (κ2) is 7.34. The molecule has 0 radical (unpaired) electrons. The van der Waals surface area contributed by atoms with E-state index in [9.17, 15) is 4.79 Å². The van der Waals surface area contributed by atoms with E-state index in [1.807, 2.05) is 12.1 Å². The van der Waals surface area contributed by atoms with Gasteiger partial charge < -0.3 is 4.57 Å². The Morgan fingerprint density at radius 3 is 2.46 bits per heavy atom. The minimum atomic E-state index is -0.479. The summed E-state index contributed by atoms with van der Waals surface area (Å²) in [7, 11) is 0. The van der Waals surface area contributed by atoms with E-state index in [-0.39, 0.29) is 0 Å². The first kappa shape index (κ1) is 16.9. The Labute approximate surface area is 153 Å². The number of hydrogen-bond donors (Lipinski definition) is 2. The number of amides is 1. The average Bonchev–Trinajstić information content (AvgIpc) is 2.93. The molecule has 0 saturated carbocycles. The molecular formula is C22H24N2O2. The van der Waals surface area contributed by atoms with E-state index >= 15 is 0 Å². The first-order valence-electron chi connectivity index (χ1n) is 9.40. The molecule has 4 nitrogen and oxygen atoms in total. The van der Waals surface area contributed by atoms with Crippen molar-refractivity contribution in [2.45, 2.75) is 45.1 Å². The third-order valence-electron chi connectivity index (χ3n) is 5.44. The van der Waals surface area contributed by atoms with Crippen LogP contribution in [-0.2, 0) is 19.4 Å². The number of hydroxylamine groups is 1. The molecule has 0 saturated heterocycles. The molecule has 26 heavy (non-hydrogen) atoms. The van der Waals surface area contributed by atoms with Gasteiger partial charge in [-0.05, 0) is 55.0 Å². The van der Waals surface area contributed by atoms with E-state index in [1.165, 1.54) is 54.3 Å². The van der Waals surface area contributed by atoms with E-state index in [0.29, 0.717) is 5.56 Å². The zero-order valence-corrected chi connectivity index (χ0v) is 14.9. The predicted molar refractivity (Wildman–Crippen MR) is 103 cm³/mol. The zero-order chi connectivity index (χ0) is 17.9. The van der Waals surface area contributed by atoms with Crippen molar-refractivity contribution in [1.82, 2.24) is 10.0 Å². The zero-order valence-electron chi connectivity index (χ0n) is 14.9. The van der Waals surface area contributed by atoms with Gasteiger partial charge in [-0.1, -0.05) is 43.2 Å². The van der Waals surface area contributed by atoms with E-state index in [2.05, 4.69) is 28.8 Å². The van der Waals surface area contributed by atoms with Gasteiger partial charge in [0, 0.05) is 28.7 Å². The molecule has 0 aliphatic heterocycles. The van der Waals surface area contributed by atoms with Crippen LogP contribution in [0.1, 0.15) is 52.9 Å². The molecule has 4 heteroatoms. The number of fused-ring (bicyclic) bond motifs is 3. The van der Waals surface area contributed by atoms with Crippen LogP contribution >= 0.6 is 0 Å². The van der Waals surface area contributed by atoms with Gasteiger partial charge in [-0.3, -0.25) is 10.0 Å². The summed E-state index contributed by atoms with van der Waals surface area (Å²) < 4.78 is 2.46. The fraction of sp³-hybridized carbons (Fsp3) is 0.318. The smallest absolute Gasteiger partial charge is 0.274 e. The summed E-state index contributed by atoms with van der Waals surface area (Å²) in [5.41, 5.74) is 7.60. The van der Waals surface area contributed by atoms with Crippen LogP contribution in [-0.4, -0.2) is 15.7 Å². The van der Waals surface area contributed by atoms with Crippen molar-refractivity contribution in [1.29, 1.82) is 0 Å². The van der Waals surface area contributed by atoms with Crippen LogP contribution in [0.15, 0.2) is 48.5 Å². The van der Waals surface area contributed by atoms with Crippen LogP contribution in [0, 0.1) is 0 Å². The van der Waals surface area contributed by atoms with Gasteiger partial charge >= 0.3 is 0 Å². The van der Waals surface area contributed by atoms with E-state index < -0.39 is 5.91 Å². The largest absolute Gasteiger partial charge is 0.340 e. The predicted octanol–water partition coefficient (Wildman–Crippen LogP) is 4.47. The Morgan fingerprint density at radius 1 is 0.962 bits per heavy atom. The number of aryl methyl sites for hydroxylation is 1. The van der Waals surface area contributed by atoms with Crippen molar-refractivity contribution >= 4 is 16.8 Å². The van der Waals surface area contributed by atoms with Gasteiger partial charge in [0.1, 0.15) is 0 Å². The van der Waals surface area contributed by atoms with Crippen LogP contribution < -0.4 is 5.48 Å². The molecule has 0 bridgehead atoms. The van der Waals surface area contributed by atoms with Gasteiger partial charge in [0.2, 0.25) is 0 Å². The summed E-state index contributed by atoms with van der Waals surface area (Å²) in [6.45, 7) is 0.802. The number of nitrogens with one attached hydrogen (secondary N) is 1. The molecule has 134 valence electrons. The molecule has 2 aromatic carbocycles. The second-order valence-electron chi connectivity index (χ2n) is 7.08. The number of hydrogen-bond acceptors (Lipinski definition) is 2. The topological polar surface area (TPSA) is 54.3 Å². The van der Waals surface area contributed by atoms with Gasteiger partial charge in [-0.25, -0.2) is 5.48 Å². The lowest BCUT2D eigenvalue weighted by molar-refractivity contribution is 0.0706. The molecule has 2 N–H and O–H groups in total. The molecule has 1 aromatic heterocycles. The lowest BCUT2D eigenvalue weighted by atomic mass is 9.96. The molecule has 0 spiro atoms. The molecule has 0 unspecified atom stereocenters. The van der Waals surface area contributed by atoms with Gasteiger partial charge in [0.05, 0.1) is 0 Å². The Balaban J connectivity index is 1.74. The molecule has 1 aliphatic carbocycles. The third-order valence-corrected chi connectivity index (χ3v) is 5.44. The van der Waals surface area contributed by atoms with Crippen molar-refractivity contribution in [3.63, 3.8) is 0 Å². The quantitative estimate of drug-likeness (QED) is 0.542. The summed E-state index contributed by atoms with van der Waals surface area (Å²) in [6, 6.07) is 16.2. The second-order valence-corrected chi connectivity index (χ2v) is 7.08. The third kappa shape index (κ3) is 3.13. The minimum absolute atomic E-state index is 0.462. The van der Waals surface area contributed by atoms with Crippen LogP contribution in [0.5, 0.6) is 0 Å². The highest BCUT2D eigenvalue weighted by atomic mass is 16.5. The Bertz CT molecular complexity index is 925. The van der Waals surface area contributed by atoms with Crippen molar-refractivity contribution in [2.24, 2.45) is 0 Å². The summed E-state index contributed by atoms with van der Waals surface area (Å²) in [4.78, 5) is 11.5. The van der Waals surface area contributed by atoms with Crippen molar-refractivity contribution < 1.29 is 10.0 Å². The van der Waals surface area contributed by atoms with Crippen LogP contribution in [0.4, 0.5) is 0 Å². The first-order valence-corrected chi connectivity index (χ1v) is 9.40. The van der Waals surface area contributed by atoms with Gasteiger partial charge in [0.15, 0.2) is 0 Å². The lowest BCUT2D eigenvalue weighted by Crippen LogP contribution is -2.18. The van der Waals surface area contributed by atoms with Gasteiger partial charge in [-0.2, -0.15) is 0 Å². The maximum atomic E-state index is 11.5. The number of para-hydroxylation sites is 1. The monoisotopic (exact) mass is 348 g/mol. The summed E-state index contributed by atoms with van der Waals surface area (Å²) in [5, 5.41) is 10.2. The molecule has 3 aromatic rings. The first-order chi connectivity index (χ1) is 12.8. The maximum absolute atomic E-state index is 11.5. The van der Waals surface area contributed by atoms with Gasteiger partial charge in [-0.15, -0.1) is 0 Å². The van der Waals surface area contributed by atoms with E-state index in [0.717, 1.165) is 18.5 Å². The molecule has 1 heterocycles. The van der Waals surface area contributed by atoms with E-state index in [4.69, 9.17) is 5.21 Å². The minimum Gasteiger partial charge on any atom is -0.340 e. The highest BCUT2D eigenvalue weighted by Crippen LogP contribution is 2.31. The molecular weight excluding hydrogens is 324 g/mol. The summed E-state index contributed by atoms with van der Waals surface area (Å²) >= 11 is 0. The van der Waals surface area contributed by atoms with Crippen LogP contribution in [0.3, 0.4) is 0 Å². The lowest BCUT2D eigenvalue weighted by Gasteiger charge is -2.15. The fourth-order valence-corrected chi connectivity index (χ4v) is 4.13. The Morgan fingerprint density at radius 2 is 1.69 bits per heavy atom. The van der Waals surface area contributed by atoms with Gasteiger partial charge in [0.25, 0.3) is 5.91 Å². The number of rotatable bonds is 3. The molecule has 0 fully saturated rings. The standard InChI is InChI=1S/C22H24N2O2/c25-22(23-26)17-13-11-16(12-14-17)15-24-20-9-4-2-1-3-7-18(20)19-8-5-6-10-21(19)24/h5-6,8,10-14,26H,1-4,7,9,15H2,(H,23,25). The van der Waals surface area contributed by atoms with Crippen molar-refractivity contribution in [3.05, 3.63) is 70.9 Å². The SMILES string of the molecule is O=C(NO)c1ccc(Cn2c3c(c4ccccc42)CCCCCC3)cc1. The molecule has 1 aliphatic rings. The molecule has 4 rings (SSSR count). The van der Waals surface area contributed by atoms with Crippen molar-refractivity contribution in [3.8, 4) is 0 Å². The Hall–Kier alpha value is -2.59. The molecule has 0 atom stereocenters. The highest BCUT2D eigenvalue weighted by molar-refractivity contribution is 5.93. The fourth-order valence-electron chi connectivity index (χ4n) is 4.13. The molecule has 1 amide bonds. The Kier molecular flexibility index (Phi) is 4.76. The maximum Gasteiger partial charge on any atom is 0.274 e. The van der Waals surface area contributed by atoms with Crippen molar-refractivity contribution in [2.75, 3.05) is 0 Å². The van der Waals surface area contributed by atoms with Crippen LogP contribution in [0.25, 0.3) is 10.9 Å². The summed E-state index contributed by atoms with van der Waals surface area (Å²) in [6.07, 6.45) is 7.46. The normalized spacial score (nSPS) is 14.5. The number of nitrogens with zero attached hydrogens (tertiary/aromatic N) is 1. The number of carbonyl (C=O) groups is 1. The van der Waals surface area contributed by atoms with Crippen LogP contribution in [0.2, 0.25) is 0 Å². The number of carbonyl (C=O) groups excluding carboxylic acids is 1. The highest BCUT2D eigenvalue weighted by Gasteiger charge is 2.18. The average molecular weight is 348 g/mol. The number of benzene rings is 2. The summed E-state index contributed by atoms with van der Waals surface area (Å²) in [5.74, 6) is -0.479. The number of aromatic nitrogens is 1.